The molecule has 19 heavy (non-hydrogen) atoms. The summed E-state index contributed by atoms with van der Waals surface area (Å²) in [5, 5.41) is 9.00. The number of primary amides is 1. The van der Waals surface area contributed by atoms with Crippen molar-refractivity contribution in [2.75, 3.05) is 0 Å². The van der Waals surface area contributed by atoms with Gasteiger partial charge in [-0.1, -0.05) is 12.1 Å². The molecular weight excluding hydrogens is 246 g/mol. The molecule has 0 unspecified atom stereocenters. The van der Waals surface area contributed by atoms with Gasteiger partial charge in [0.25, 0.3) is 5.91 Å². The van der Waals surface area contributed by atoms with E-state index in [1.807, 2.05) is 0 Å². The molecule has 4 N–H and O–H groups in total. The zero-order chi connectivity index (χ0) is 13.8. The summed E-state index contributed by atoms with van der Waals surface area (Å²) < 4.78 is 0. The van der Waals surface area contributed by atoms with Gasteiger partial charge in [0, 0.05) is 12.1 Å². The standard InChI is InChI=1S/C12H13N5O2/c1-7-15-11(17-16-7)12(19)14-6-8-3-2-4-9(5-8)10(13)18/h2-5H,6H2,1H3,(H2,13,18)(H,14,19)(H,15,16,17). The molecule has 0 saturated carbocycles. The predicted molar refractivity (Wildman–Crippen MR) is 67.2 cm³/mol. The van der Waals surface area contributed by atoms with E-state index in [1.54, 1.807) is 31.2 Å². The lowest BCUT2D eigenvalue weighted by molar-refractivity contribution is 0.0940. The van der Waals surface area contributed by atoms with Crippen LogP contribution in [0.4, 0.5) is 0 Å². The average Bonchev–Trinajstić information content (AvgIpc) is 2.83. The minimum Gasteiger partial charge on any atom is -0.366 e. The number of aryl methyl sites for hydroxylation is 1. The van der Waals surface area contributed by atoms with Gasteiger partial charge in [0.1, 0.15) is 5.82 Å². The number of hydrogen-bond acceptors (Lipinski definition) is 4. The summed E-state index contributed by atoms with van der Waals surface area (Å²) in [6.45, 7) is 1.98. The monoisotopic (exact) mass is 259 g/mol. The molecule has 2 aromatic rings. The number of nitrogens with one attached hydrogen (secondary N) is 2. The summed E-state index contributed by atoms with van der Waals surface area (Å²) in [6, 6.07) is 6.74. The molecule has 1 heterocycles. The molecule has 0 bridgehead atoms. The Balaban J connectivity index is 2.01. The quantitative estimate of drug-likeness (QED) is 0.724. The van der Waals surface area contributed by atoms with Crippen molar-refractivity contribution in [3.8, 4) is 0 Å². The van der Waals surface area contributed by atoms with E-state index in [0.717, 1.165) is 5.56 Å². The van der Waals surface area contributed by atoms with Gasteiger partial charge in [-0.25, -0.2) is 4.98 Å². The van der Waals surface area contributed by atoms with Crippen molar-refractivity contribution in [2.45, 2.75) is 13.5 Å². The minimum absolute atomic E-state index is 0.0866. The van der Waals surface area contributed by atoms with Crippen LogP contribution in [0.15, 0.2) is 24.3 Å². The maximum atomic E-state index is 11.7. The Morgan fingerprint density at radius 3 is 2.84 bits per heavy atom. The number of H-pyrrole nitrogens is 1. The van der Waals surface area contributed by atoms with Gasteiger partial charge >= 0.3 is 0 Å². The van der Waals surface area contributed by atoms with Crippen LogP contribution in [0.5, 0.6) is 0 Å². The van der Waals surface area contributed by atoms with Crippen LogP contribution >= 0.6 is 0 Å². The summed E-state index contributed by atoms with van der Waals surface area (Å²) in [7, 11) is 0. The fraction of sp³-hybridized carbons (Fsp3) is 0.167. The number of nitrogens with two attached hydrogens (primary N) is 1. The summed E-state index contributed by atoms with van der Waals surface area (Å²) in [5.74, 6) is -0.226. The highest BCUT2D eigenvalue weighted by Crippen LogP contribution is 2.04. The van der Waals surface area contributed by atoms with Gasteiger partial charge < -0.3 is 11.1 Å². The number of hydrogen-bond donors (Lipinski definition) is 3. The molecule has 0 aliphatic rings. The molecule has 98 valence electrons. The lowest BCUT2D eigenvalue weighted by atomic mass is 10.1. The van der Waals surface area contributed by atoms with E-state index in [2.05, 4.69) is 20.5 Å². The van der Waals surface area contributed by atoms with Crippen LogP contribution in [0.1, 0.15) is 32.4 Å². The smallest absolute Gasteiger partial charge is 0.291 e. The van der Waals surface area contributed by atoms with Crippen molar-refractivity contribution in [2.24, 2.45) is 5.73 Å². The molecule has 1 aromatic heterocycles. The van der Waals surface area contributed by atoms with Crippen LogP contribution in [0, 0.1) is 6.92 Å². The zero-order valence-electron chi connectivity index (χ0n) is 10.3. The van der Waals surface area contributed by atoms with Crippen molar-refractivity contribution in [1.29, 1.82) is 0 Å². The molecular formula is C12H13N5O2. The highest BCUT2D eigenvalue weighted by Gasteiger charge is 2.10. The lowest BCUT2D eigenvalue weighted by Crippen LogP contribution is -2.24. The highest BCUT2D eigenvalue weighted by molar-refractivity contribution is 5.93. The number of carbonyl (C=O) groups is 2. The summed E-state index contributed by atoms with van der Waals surface area (Å²) in [5.41, 5.74) is 6.36. The number of rotatable bonds is 4. The van der Waals surface area contributed by atoms with Gasteiger partial charge in [-0.2, -0.15) is 0 Å². The van der Waals surface area contributed by atoms with Crippen molar-refractivity contribution in [3.05, 3.63) is 47.0 Å². The van der Waals surface area contributed by atoms with E-state index >= 15 is 0 Å². The third-order valence-corrected chi connectivity index (χ3v) is 2.46. The lowest BCUT2D eigenvalue weighted by Gasteiger charge is -2.04. The second-order valence-corrected chi connectivity index (χ2v) is 3.99. The average molecular weight is 259 g/mol. The van der Waals surface area contributed by atoms with Crippen molar-refractivity contribution in [1.82, 2.24) is 20.5 Å². The maximum absolute atomic E-state index is 11.7. The van der Waals surface area contributed by atoms with E-state index in [4.69, 9.17) is 5.73 Å². The number of carbonyl (C=O) groups excluding carboxylic acids is 2. The Morgan fingerprint density at radius 2 is 2.21 bits per heavy atom. The Bertz CT molecular complexity index is 620. The summed E-state index contributed by atoms with van der Waals surface area (Å²) in [4.78, 5) is 26.6. The number of nitrogens with zero attached hydrogens (tertiary/aromatic N) is 2. The number of aromatic amines is 1. The molecule has 2 rings (SSSR count). The van der Waals surface area contributed by atoms with Gasteiger partial charge in [-0.05, 0) is 24.6 Å². The Hall–Kier alpha value is -2.70. The molecule has 2 amide bonds. The highest BCUT2D eigenvalue weighted by atomic mass is 16.2. The Kier molecular flexibility index (Phi) is 3.56. The number of aromatic nitrogens is 3. The molecule has 7 heteroatoms. The van der Waals surface area contributed by atoms with Crippen molar-refractivity contribution in [3.63, 3.8) is 0 Å². The fourth-order valence-electron chi connectivity index (χ4n) is 1.54. The Morgan fingerprint density at radius 1 is 1.42 bits per heavy atom. The molecule has 0 fully saturated rings. The number of benzene rings is 1. The first-order valence-corrected chi connectivity index (χ1v) is 5.62. The van der Waals surface area contributed by atoms with E-state index in [-0.39, 0.29) is 18.3 Å². The molecule has 0 radical (unpaired) electrons. The predicted octanol–water partition coefficient (Wildman–Crippen LogP) is 0.142. The molecule has 0 atom stereocenters. The van der Waals surface area contributed by atoms with E-state index < -0.39 is 5.91 Å². The topological polar surface area (TPSA) is 114 Å². The second kappa shape index (κ2) is 5.30. The zero-order valence-corrected chi connectivity index (χ0v) is 10.3. The third kappa shape index (κ3) is 3.15. The first kappa shape index (κ1) is 12.7. The third-order valence-electron chi connectivity index (χ3n) is 2.46. The van der Waals surface area contributed by atoms with E-state index in [0.29, 0.717) is 11.4 Å². The minimum atomic E-state index is -0.502. The van der Waals surface area contributed by atoms with Crippen LogP contribution in [0.25, 0.3) is 0 Å². The summed E-state index contributed by atoms with van der Waals surface area (Å²) in [6.07, 6.45) is 0. The maximum Gasteiger partial charge on any atom is 0.291 e. The first-order chi connectivity index (χ1) is 9.06. The molecule has 0 saturated heterocycles. The molecule has 7 nitrogen and oxygen atoms in total. The van der Waals surface area contributed by atoms with Crippen LogP contribution in [-0.2, 0) is 6.54 Å². The van der Waals surface area contributed by atoms with E-state index in [9.17, 15) is 9.59 Å². The molecule has 0 aliphatic heterocycles. The van der Waals surface area contributed by atoms with Crippen molar-refractivity contribution < 1.29 is 9.59 Å². The molecule has 1 aromatic carbocycles. The van der Waals surface area contributed by atoms with Crippen LogP contribution in [0.3, 0.4) is 0 Å². The SMILES string of the molecule is Cc1nc(C(=O)NCc2cccc(C(N)=O)c2)n[nH]1. The van der Waals surface area contributed by atoms with E-state index in [1.165, 1.54) is 0 Å². The Labute approximate surface area is 109 Å². The molecule has 0 spiro atoms. The van der Waals surface area contributed by atoms with Crippen LogP contribution < -0.4 is 11.1 Å². The largest absolute Gasteiger partial charge is 0.366 e. The van der Waals surface area contributed by atoms with Gasteiger partial charge in [0.2, 0.25) is 11.7 Å². The van der Waals surface area contributed by atoms with Gasteiger partial charge in [-0.3, -0.25) is 14.7 Å². The summed E-state index contributed by atoms with van der Waals surface area (Å²) >= 11 is 0. The first-order valence-electron chi connectivity index (χ1n) is 5.62. The second-order valence-electron chi connectivity index (χ2n) is 3.99. The van der Waals surface area contributed by atoms with Crippen LogP contribution in [-0.4, -0.2) is 27.0 Å². The normalized spacial score (nSPS) is 10.2. The van der Waals surface area contributed by atoms with Gasteiger partial charge in [0.05, 0.1) is 0 Å². The number of amides is 2. The van der Waals surface area contributed by atoms with Crippen molar-refractivity contribution >= 4 is 11.8 Å². The van der Waals surface area contributed by atoms with Crippen LogP contribution in [0.2, 0.25) is 0 Å². The molecule has 0 aliphatic carbocycles. The van der Waals surface area contributed by atoms with Gasteiger partial charge in [-0.15, -0.1) is 5.10 Å². The fourth-order valence-corrected chi connectivity index (χ4v) is 1.54. The van der Waals surface area contributed by atoms with Gasteiger partial charge in [0.15, 0.2) is 0 Å².